The maximum absolute atomic E-state index is 4.79. The zero-order valence-corrected chi connectivity index (χ0v) is 11.4. The van der Waals surface area contributed by atoms with Crippen LogP contribution in [0.25, 0.3) is 38.9 Å². The average Bonchev–Trinajstić information content (AvgIpc) is 3.02. The minimum Gasteiger partial charge on any atom is -0.327 e. The predicted octanol–water partition coefficient (Wildman–Crippen LogP) is 2.92. The minimum absolute atomic E-state index is 0.634. The number of benzene rings is 2. The van der Waals surface area contributed by atoms with E-state index in [-0.39, 0.29) is 0 Å². The summed E-state index contributed by atoms with van der Waals surface area (Å²) in [4.78, 5) is 9.26. The summed E-state index contributed by atoms with van der Waals surface area (Å²) >= 11 is 0. The van der Waals surface area contributed by atoms with Gasteiger partial charge in [-0.2, -0.15) is 14.6 Å². The van der Waals surface area contributed by atoms with Crippen molar-refractivity contribution in [1.82, 2.24) is 24.1 Å². The van der Waals surface area contributed by atoms with Crippen LogP contribution in [0.2, 0.25) is 0 Å². The third-order valence-electron chi connectivity index (χ3n) is 3.98. The molecule has 3 aromatic heterocycles. The lowest BCUT2D eigenvalue weighted by atomic mass is 10.2. The fourth-order valence-electron chi connectivity index (χ4n) is 2.95. The van der Waals surface area contributed by atoms with Crippen molar-refractivity contribution in [2.45, 2.75) is 0 Å². The molecule has 0 aliphatic heterocycles. The van der Waals surface area contributed by atoms with Crippen LogP contribution in [0.4, 0.5) is 0 Å². The number of nitrogens with zero attached hydrogens (tertiary/aromatic N) is 5. The highest BCUT2D eigenvalue weighted by atomic mass is 15.3. The first-order valence-electron chi connectivity index (χ1n) is 6.81. The van der Waals surface area contributed by atoms with E-state index in [1.807, 2.05) is 48.0 Å². The van der Waals surface area contributed by atoms with E-state index >= 15 is 0 Å². The molecule has 0 saturated heterocycles. The zero-order valence-electron chi connectivity index (χ0n) is 11.4. The number of imidazole rings is 1. The number of rotatable bonds is 0. The van der Waals surface area contributed by atoms with E-state index in [0.29, 0.717) is 5.78 Å². The highest BCUT2D eigenvalue weighted by molar-refractivity contribution is 6.04. The lowest BCUT2D eigenvalue weighted by Crippen LogP contribution is -1.97. The summed E-state index contributed by atoms with van der Waals surface area (Å²) in [6.45, 7) is 0. The number of aryl methyl sites for hydroxylation is 1. The van der Waals surface area contributed by atoms with Gasteiger partial charge in [0.15, 0.2) is 5.65 Å². The molecule has 0 atom stereocenters. The molecular formula is C16H11N5. The Morgan fingerprint density at radius 3 is 2.52 bits per heavy atom. The minimum atomic E-state index is 0.634. The van der Waals surface area contributed by atoms with Gasteiger partial charge in [0.25, 0.3) is 5.78 Å². The molecule has 0 aliphatic carbocycles. The van der Waals surface area contributed by atoms with Gasteiger partial charge in [0.2, 0.25) is 0 Å². The van der Waals surface area contributed by atoms with Gasteiger partial charge in [0, 0.05) is 12.4 Å². The highest BCUT2D eigenvalue weighted by Gasteiger charge is 2.14. The summed E-state index contributed by atoms with van der Waals surface area (Å²) in [7, 11) is 2.01. The van der Waals surface area contributed by atoms with Crippen molar-refractivity contribution in [2.75, 3.05) is 0 Å². The van der Waals surface area contributed by atoms with Crippen LogP contribution in [0.5, 0.6) is 0 Å². The third kappa shape index (κ3) is 1.27. The van der Waals surface area contributed by atoms with E-state index in [2.05, 4.69) is 21.7 Å². The largest absolute Gasteiger partial charge is 0.327 e. The van der Waals surface area contributed by atoms with Crippen molar-refractivity contribution >= 4 is 38.9 Å². The van der Waals surface area contributed by atoms with Gasteiger partial charge in [0.05, 0.1) is 16.6 Å². The van der Waals surface area contributed by atoms with E-state index in [1.165, 1.54) is 0 Å². The molecule has 0 saturated carbocycles. The lowest BCUT2D eigenvalue weighted by molar-refractivity contribution is 0.936. The Morgan fingerprint density at radius 2 is 1.62 bits per heavy atom. The van der Waals surface area contributed by atoms with Gasteiger partial charge >= 0.3 is 0 Å². The predicted molar refractivity (Wildman–Crippen MR) is 82.3 cm³/mol. The molecule has 21 heavy (non-hydrogen) atoms. The second kappa shape index (κ2) is 3.58. The number of fused-ring (bicyclic) bond motifs is 6. The van der Waals surface area contributed by atoms with Gasteiger partial charge < -0.3 is 4.57 Å². The molecule has 2 aromatic carbocycles. The van der Waals surface area contributed by atoms with Crippen molar-refractivity contribution in [2.24, 2.45) is 7.05 Å². The summed E-state index contributed by atoms with van der Waals surface area (Å²) in [6.07, 6.45) is 0. The first kappa shape index (κ1) is 10.8. The highest BCUT2D eigenvalue weighted by Crippen LogP contribution is 2.26. The monoisotopic (exact) mass is 273 g/mol. The van der Waals surface area contributed by atoms with Crippen molar-refractivity contribution in [1.29, 1.82) is 0 Å². The van der Waals surface area contributed by atoms with Gasteiger partial charge in [-0.3, -0.25) is 0 Å². The van der Waals surface area contributed by atoms with Crippen LogP contribution < -0.4 is 0 Å². The molecule has 0 bridgehead atoms. The normalized spacial score (nSPS) is 12.0. The van der Waals surface area contributed by atoms with Gasteiger partial charge in [-0.05, 0) is 18.2 Å². The van der Waals surface area contributed by atoms with Gasteiger partial charge in [-0.15, -0.1) is 0 Å². The van der Waals surface area contributed by atoms with Crippen LogP contribution in [0, 0.1) is 0 Å². The average molecular weight is 273 g/mol. The molecule has 5 rings (SSSR count). The molecule has 0 fully saturated rings. The molecule has 5 aromatic rings. The summed E-state index contributed by atoms with van der Waals surface area (Å²) in [6, 6.07) is 16.2. The van der Waals surface area contributed by atoms with E-state index in [9.17, 15) is 0 Å². The SMILES string of the molecule is Cn1c2ccccc2c2nn3c(nc4ccccc43)nc21. The maximum Gasteiger partial charge on any atom is 0.253 e. The van der Waals surface area contributed by atoms with Crippen molar-refractivity contribution in [3.63, 3.8) is 0 Å². The van der Waals surface area contributed by atoms with E-state index in [0.717, 1.165) is 33.1 Å². The molecule has 5 nitrogen and oxygen atoms in total. The Hall–Kier alpha value is -2.95. The molecule has 5 heteroatoms. The number of aromatic nitrogens is 5. The van der Waals surface area contributed by atoms with Crippen molar-refractivity contribution in [3.8, 4) is 0 Å². The smallest absolute Gasteiger partial charge is 0.253 e. The van der Waals surface area contributed by atoms with Gasteiger partial charge in [0.1, 0.15) is 5.52 Å². The Bertz CT molecular complexity index is 1150. The quantitative estimate of drug-likeness (QED) is 0.436. The summed E-state index contributed by atoms with van der Waals surface area (Å²) in [5.41, 5.74) is 4.79. The van der Waals surface area contributed by atoms with Crippen LogP contribution in [0.1, 0.15) is 0 Å². The van der Waals surface area contributed by atoms with Crippen LogP contribution in [-0.2, 0) is 7.05 Å². The molecule has 0 unspecified atom stereocenters. The first-order chi connectivity index (χ1) is 10.3. The molecule has 3 heterocycles. The Labute approximate surface area is 119 Å². The second-order valence-electron chi connectivity index (χ2n) is 5.17. The van der Waals surface area contributed by atoms with Crippen molar-refractivity contribution < 1.29 is 0 Å². The Morgan fingerprint density at radius 1 is 0.857 bits per heavy atom. The summed E-state index contributed by atoms with van der Waals surface area (Å²) in [5.74, 6) is 0.634. The second-order valence-corrected chi connectivity index (χ2v) is 5.17. The van der Waals surface area contributed by atoms with E-state index in [1.54, 1.807) is 0 Å². The number of hydrogen-bond acceptors (Lipinski definition) is 3. The number of para-hydroxylation sites is 3. The van der Waals surface area contributed by atoms with Crippen LogP contribution in [0.3, 0.4) is 0 Å². The fourth-order valence-corrected chi connectivity index (χ4v) is 2.95. The number of hydrogen-bond donors (Lipinski definition) is 0. The van der Waals surface area contributed by atoms with Crippen LogP contribution >= 0.6 is 0 Å². The van der Waals surface area contributed by atoms with Crippen LogP contribution in [0.15, 0.2) is 48.5 Å². The fraction of sp³-hybridized carbons (Fsp3) is 0.0625. The van der Waals surface area contributed by atoms with Crippen molar-refractivity contribution in [3.05, 3.63) is 48.5 Å². The standard InChI is InChI=1S/C16H11N5/c1-20-12-8-4-2-6-10(12)14-15(20)18-16-17-11-7-3-5-9-13(11)21(16)19-14/h2-9H,1H3. The van der Waals surface area contributed by atoms with Crippen LogP contribution in [-0.4, -0.2) is 24.1 Å². The third-order valence-corrected chi connectivity index (χ3v) is 3.98. The summed E-state index contributed by atoms with van der Waals surface area (Å²) < 4.78 is 3.89. The Kier molecular flexibility index (Phi) is 1.84. The van der Waals surface area contributed by atoms with Gasteiger partial charge in [-0.25, -0.2) is 4.98 Å². The maximum atomic E-state index is 4.79. The zero-order chi connectivity index (χ0) is 14.0. The molecule has 0 amide bonds. The lowest BCUT2D eigenvalue weighted by Gasteiger charge is -1.97. The molecule has 0 aliphatic rings. The first-order valence-corrected chi connectivity index (χ1v) is 6.81. The van der Waals surface area contributed by atoms with E-state index < -0.39 is 0 Å². The summed E-state index contributed by atoms with van der Waals surface area (Å²) in [5, 5.41) is 5.90. The Balaban J connectivity index is 2.08. The topological polar surface area (TPSA) is 48.0 Å². The van der Waals surface area contributed by atoms with E-state index in [4.69, 9.17) is 10.1 Å². The molecule has 0 spiro atoms. The molecular weight excluding hydrogens is 262 g/mol. The molecule has 0 radical (unpaired) electrons. The molecule has 100 valence electrons. The molecule has 0 N–H and O–H groups in total. The van der Waals surface area contributed by atoms with Gasteiger partial charge in [-0.1, -0.05) is 30.3 Å².